The number of hydrogen-bond donors (Lipinski definition) is 2. The number of halogens is 3. The van der Waals surface area contributed by atoms with Gasteiger partial charge in [-0.25, -0.2) is 4.99 Å². The Hall–Kier alpha value is -1.17. The highest BCUT2D eigenvalue weighted by molar-refractivity contribution is 6.30. The Morgan fingerprint density at radius 2 is 1.61 bits per heavy atom. The van der Waals surface area contributed by atoms with E-state index in [2.05, 4.69) is 28.7 Å². The van der Waals surface area contributed by atoms with Gasteiger partial charge in [0.25, 0.3) is 0 Å². The lowest BCUT2D eigenvalue weighted by atomic mass is 9.98. The summed E-state index contributed by atoms with van der Waals surface area (Å²) in [6.07, 6.45) is 3.46. The molecule has 2 unspecified atom stereocenters. The van der Waals surface area contributed by atoms with Crippen LogP contribution in [0, 0.1) is 0 Å². The molecule has 0 amide bonds. The second-order valence-corrected chi connectivity index (χ2v) is 5.89. The number of nitrogens with zero attached hydrogens (tertiary/aromatic N) is 3. The van der Waals surface area contributed by atoms with E-state index >= 15 is 0 Å². The molecule has 4 N–H and O–H groups in total. The number of nitrogens with two attached hydrogens (primary N) is 2. The first-order chi connectivity index (χ1) is 9.97. The summed E-state index contributed by atoms with van der Waals surface area (Å²) in [6, 6.07) is 7.84. The first kappa shape index (κ1) is 21.8. The maximum Gasteiger partial charge on any atom is 0.223 e. The highest BCUT2D eigenvalue weighted by Crippen LogP contribution is 2.22. The maximum absolute atomic E-state index is 6.10. The van der Waals surface area contributed by atoms with Gasteiger partial charge in [-0.05, 0) is 57.4 Å². The van der Waals surface area contributed by atoms with Crippen molar-refractivity contribution in [1.29, 1.82) is 0 Å². The zero-order valence-corrected chi connectivity index (χ0v) is 15.7. The molecule has 0 radical (unpaired) electrons. The summed E-state index contributed by atoms with van der Waals surface area (Å²) in [5.41, 5.74) is 12.7. The smallest absolute Gasteiger partial charge is 0.223 e. The lowest BCUT2D eigenvalue weighted by Gasteiger charge is -2.39. The van der Waals surface area contributed by atoms with E-state index in [1.54, 1.807) is 24.3 Å². The van der Waals surface area contributed by atoms with Gasteiger partial charge in [0.1, 0.15) is 0 Å². The molecule has 0 bridgehead atoms. The van der Waals surface area contributed by atoms with Gasteiger partial charge in [0.15, 0.2) is 5.96 Å². The fourth-order valence-electron chi connectivity index (χ4n) is 2.72. The van der Waals surface area contributed by atoms with Gasteiger partial charge in [0.2, 0.25) is 5.96 Å². The number of piperidine rings is 1. The standard InChI is InChI=1S/C15H22ClN5.2ClH/c1-10-4-3-5-11(2)21(10)15(18)20-14(17)19-13-8-6-12(16)7-9-13;;/h6-11H,3-5H2,1-2H3,(H4,17,18,19,20);2*1H. The van der Waals surface area contributed by atoms with E-state index in [0.29, 0.717) is 28.8 Å². The van der Waals surface area contributed by atoms with Gasteiger partial charge < -0.3 is 16.4 Å². The van der Waals surface area contributed by atoms with Crippen LogP contribution in [0.15, 0.2) is 34.3 Å². The lowest BCUT2D eigenvalue weighted by Crippen LogP contribution is -2.51. The van der Waals surface area contributed by atoms with Crippen LogP contribution in [-0.2, 0) is 0 Å². The lowest BCUT2D eigenvalue weighted by molar-refractivity contribution is 0.189. The number of guanidine groups is 2. The third-order valence-electron chi connectivity index (χ3n) is 3.76. The van der Waals surface area contributed by atoms with Gasteiger partial charge in [0.05, 0.1) is 5.69 Å². The summed E-state index contributed by atoms with van der Waals surface area (Å²) < 4.78 is 0. The second-order valence-electron chi connectivity index (χ2n) is 5.45. The third kappa shape index (κ3) is 6.09. The number of benzene rings is 1. The zero-order valence-electron chi connectivity index (χ0n) is 13.3. The number of hydrogen-bond acceptors (Lipinski definition) is 1. The average molecular weight is 381 g/mol. The summed E-state index contributed by atoms with van der Waals surface area (Å²) in [4.78, 5) is 10.6. The van der Waals surface area contributed by atoms with Crippen LogP contribution in [0.5, 0.6) is 0 Å². The van der Waals surface area contributed by atoms with Crippen molar-refractivity contribution >= 4 is 54.0 Å². The second kappa shape index (κ2) is 9.85. The van der Waals surface area contributed by atoms with E-state index in [4.69, 9.17) is 23.1 Å². The Kier molecular flexibility index (Phi) is 9.35. The monoisotopic (exact) mass is 379 g/mol. The predicted molar refractivity (Wildman–Crippen MR) is 103 cm³/mol. The van der Waals surface area contributed by atoms with Crippen LogP contribution in [0.3, 0.4) is 0 Å². The molecule has 1 saturated heterocycles. The average Bonchev–Trinajstić information content (AvgIpc) is 2.41. The molecule has 1 fully saturated rings. The summed E-state index contributed by atoms with van der Waals surface area (Å²) >= 11 is 5.83. The highest BCUT2D eigenvalue weighted by Gasteiger charge is 2.26. The van der Waals surface area contributed by atoms with Crippen LogP contribution in [0.25, 0.3) is 0 Å². The normalized spacial score (nSPS) is 22.1. The van der Waals surface area contributed by atoms with Crippen molar-refractivity contribution in [2.75, 3.05) is 0 Å². The molecule has 2 atom stereocenters. The molecule has 1 aliphatic heterocycles. The van der Waals surface area contributed by atoms with Crippen LogP contribution in [-0.4, -0.2) is 28.9 Å². The largest absolute Gasteiger partial charge is 0.369 e. The minimum absolute atomic E-state index is 0. The fourth-order valence-corrected chi connectivity index (χ4v) is 2.85. The van der Waals surface area contributed by atoms with Crippen LogP contribution in [0.4, 0.5) is 5.69 Å². The molecule has 23 heavy (non-hydrogen) atoms. The Morgan fingerprint density at radius 1 is 1.09 bits per heavy atom. The van der Waals surface area contributed by atoms with Gasteiger partial charge in [-0.1, -0.05) is 11.6 Å². The van der Waals surface area contributed by atoms with E-state index < -0.39 is 0 Å². The van der Waals surface area contributed by atoms with Gasteiger partial charge in [0, 0.05) is 17.1 Å². The van der Waals surface area contributed by atoms with Crippen molar-refractivity contribution in [1.82, 2.24) is 4.90 Å². The molecule has 1 aromatic carbocycles. The predicted octanol–water partition coefficient (Wildman–Crippen LogP) is 3.71. The van der Waals surface area contributed by atoms with Crippen LogP contribution >= 0.6 is 36.4 Å². The molecular formula is C15H24Cl3N5. The zero-order chi connectivity index (χ0) is 15.4. The summed E-state index contributed by atoms with van der Waals surface area (Å²) in [7, 11) is 0. The molecule has 0 saturated carbocycles. The first-order valence-corrected chi connectivity index (χ1v) is 7.57. The van der Waals surface area contributed by atoms with E-state index in [-0.39, 0.29) is 30.8 Å². The van der Waals surface area contributed by atoms with Gasteiger partial charge >= 0.3 is 0 Å². The SMILES string of the molecule is CC1CCCC(C)N1/C(N)=N/C(N)=Nc1ccc(Cl)cc1.Cl.Cl. The quantitative estimate of drug-likeness (QED) is 0.575. The molecule has 0 spiro atoms. The number of rotatable bonds is 1. The molecule has 1 aliphatic rings. The minimum atomic E-state index is 0. The van der Waals surface area contributed by atoms with Gasteiger partial charge in [-0.15, -0.1) is 24.8 Å². The molecule has 8 heteroatoms. The van der Waals surface area contributed by atoms with E-state index in [1.165, 1.54) is 6.42 Å². The fraction of sp³-hybridized carbons (Fsp3) is 0.467. The van der Waals surface area contributed by atoms with Crippen molar-refractivity contribution in [3.8, 4) is 0 Å². The molecular weight excluding hydrogens is 357 g/mol. The Balaban J connectivity index is 0.00000242. The van der Waals surface area contributed by atoms with Crippen LogP contribution in [0.2, 0.25) is 5.02 Å². The molecule has 0 aromatic heterocycles. The van der Waals surface area contributed by atoms with Crippen molar-refractivity contribution < 1.29 is 0 Å². The summed E-state index contributed by atoms with van der Waals surface area (Å²) in [5, 5.41) is 0.659. The Morgan fingerprint density at radius 3 is 2.13 bits per heavy atom. The number of likely N-dealkylation sites (tertiary alicyclic amines) is 1. The maximum atomic E-state index is 6.10. The molecule has 2 rings (SSSR count). The van der Waals surface area contributed by atoms with Crippen LogP contribution < -0.4 is 11.5 Å². The third-order valence-corrected chi connectivity index (χ3v) is 4.01. The topological polar surface area (TPSA) is 80.0 Å². The van der Waals surface area contributed by atoms with Crippen molar-refractivity contribution in [2.45, 2.75) is 45.2 Å². The van der Waals surface area contributed by atoms with Crippen molar-refractivity contribution in [3.63, 3.8) is 0 Å². The van der Waals surface area contributed by atoms with E-state index in [0.717, 1.165) is 12.8 Å². The summed E-state index contributed by atoms with van der Waals surface area (Å²) in [6.45, 7) is 4.31. The molecule has 130 valence electrons. The molecule has 1 heterocycles. The number of aliphatic imine (C=N–C) groups is 2. The Labute approximate surface area is 155 Å². The van der Waals surface area contributed by atoms with Crippen LogP contribution in [0.1, 0.15) is 33.1 Å². The van der Waals surface area contributed by atoms with E-state index in [1.807, 2.05) is 0 Å². The minimum Gasteiger partial charge on any atom is -0.369 e. The van der Waals surface area contributed by atoms with Gasteiger partial charge in [-0.3, -0.25) is 0 Å². The van der Waals surface area contributed by atoms with Gasteiger partial charge in [-0.2, -0.15) is 4.99 Å². The van der Waals surface area contributed by atoms with E-state index in [9.17, 15) is 0 Å². The first-order valence-electron chi connectivity index (χ1n) is 7.19. The van der Waals surface area contributed by atoms with Crippen molar-refractivity contribution in [3.05, 3.63) is 29.3 Å². The van der Waals surface area contributed by atoms with Crippen molar-refractivity contribution in [2.24, 2.45) is 21.5 Å². The molecule has 0 aliphatic carbocycles. The molecule has 1 aromatic rings. The Bertz CT molecular complexity index is 535. The molecule has 5 nitrogen and oxygen atoms in total. The highest BCUT2D eigenvalue weighted by atomic mass is 35.5. The summed E-state index contributed by atoms with van der Waals surface area (Å²) in [5.74, 6) is 0.588.